The van der Waals surface area contributed by atoms with Crippen LogP contribution in [0.2, 0.25) is 0 Å². The molecule has 0 atom stereocenters. The lowest BCUT2D eigenvalue weighted by atomic mass is 10.4. The summed E-state index contributed by atoms with van der Waals surface area (Å²) in [4.78, 5) is 18.4. The van der Waals surface area contributed by atoms with E-state index in [0.717, 1.165) is 24.6 Å². The third-order valence-corrected chi connectivity index (χ3v) is 3.95. The number of carbonyl (C=O) groups is 1. The molecule has 0 unspecified atom stereocenters. The molecule has 0 radical (unpaired) electrons. The molecule has 0 bridgehead atoms. The number of likely N-dealkylation sites (tertiary alicyclic amines) is 1. The molecule has 2 heterocycles. The van der Waals surface area contributed by atoms with Crippen molar-refractivity contribution in [2.45, 2.75) is 19.3 Å². The van der Waals surface area contributed by atoms with Gasteiger partial charge in [0.15, 0.2) is 5.13 Å². The van der Waals surface area contributed by atoms with E-state index in [4.69, 9.17) is 0 Å². The number of ether oxygens (including phenoxy) is 1. The van der Waals surface area contributed by atoms with E-state index in [1.54, 1.807) is 6.20 Å². The number of carbonyl (C=O) groups excluding carboxylic acids is 1. The maximum atomic E-state index is 11.2. The van der Waals surface area contributed by atoms with E-state index in [2.05, 4.69) is 19.9 Å². The average Bonchev–Trinajstić information content (AvgIpc) is 3.05. The first-order valence-electron chi connectivity index (χ1n) is 6.30. The van der Waals surface area contributed by atoms with Crippen molar-refractivity contribution < 1.29 is 9.53 Å². The summed E-state index contributed by atoms with van der Waals surface area (Å²) in [6.07, 6.45) is 5.33. The van der Waals surface area contributed by atoms with Gasteiger partial charge in [0.05, 0.1) is 13.3 Å². The quantitative estimate of drug-likeness (QED) is 0.630. The van der Waals surface area contributed by atoms with Gasteiger partial charge in [0.1, 0.15) is 4.88 Å². The molecule has 6 heteroatoms. The molecule has 100 valence electrons. The summed E-state index contributed by atoms with van der Waals surface area (Å²) in [6, 6.07) is 0. The Hall–Kier alpha value is -1.14. The van der Waals surface area contributed by atoms with Gasteiger partial charge in [-0.15, -0.1) is 0 Å². The molecule has 0 saturated carbocycles. The predicted octanol–water partition coefficient (Wildman–Crippen LogP) is 1.83. The fourth-order valence-corrected chi connectivity index (χ4v) is 2.82. The highest BCUT2D eigenvalue weighted by Crippen LogP contribution is 2.18. The van der Waals surface area contributed by atoms with Crippen LogP contribution in [0.15, 0.2) is 6.20 Å². The molecule has 1 saturated heterocycles. The SMILES string of the molecule is COC(=O)c1cnc(NCCCN2CCCC2)s1. The molecular formula is C12H19N3O2S. The highest BCUT2D eigenvalue weighted by molar-refractivity contribution is 7.17. The number of hydrogen-bond donors (Lipinski definition) is 1. The Balaban J connectivity index is 1.66. The van der Waals surface area contributed by atoms with Gasteiger partial charge in [0.25, 0.3) is 0 Å². The van der Waals surface area contributed by atoms with Crippen LogP contribution in [0.3, 0.4) is 0 Å². The maximum Gasteiger partial charge on any atom is 0.349 e. The summed E-state index contributed by atoms with van der Waals surface area (Å²) in [5.74, 6) is -0.322. The first-order valence-corrected chi connectivity index (χ1v) is 7.11. The van der Waals surface area contributed by atoms with Crippen molar-refractivity contribution >= 4 is 22.4 Å². The van der Waals surface area contributed by atoms with E-state index in [-0.39, 0.29) is 5.97 Å². The second kappa shape index (κ2) is 6.70. The summed E-state index contributed by atoms with van der Waals surface area (Å²) in [7, 11) is 1.38. The average molecular weight is 269 g/mol. The van der Waals surface area contributed by atoms with Gasteiger partial charge in [-0.2, -0.15) is 0 Å². The number of aromatic nitrogens is 1. The molecule has 2 rings (SSSR count). The Bertz CT molecular complexity index is 388. The number of esters is 1. The standard InChI is InChI=1S/C12H19N3O2S/c1-17-11(16)10-9-14-12(18-10)13-5-4-8-15-6-2-3-7-15/h9H,2-8H2,1H3,(H,13,14). The number of methoxy groups -OCH3 is 1. The molecule has 1 aromatic rings. The van der Waals surface area contributed by atoms with Crippen LogP contribution in [0.4, 0.5) is 5.13 Å². The van der Waals surface area contributed by atoms with Gasteiger partial charge in [-0.25, -0.2) is 9.78 Å². The lowest BCUT2D eigenvalue weighted by Gasteiger charge is -2.13. The fourth-order valence-electron chi connectivity index (χ4n) is 2.06. The number of nitrogens with one attached hydrogen (secondary N) is 1. The zero-order chi connectivity index (χ0) is 12.8. The summed E-state index contributed by atoms with van der Waals surface area (Å²) < 4.78 is 4.64. The monoisotopic (exact) mass is 269 g/mol. The molecule has 0 aromatic carbocycles. The highest BCUT2D eigenvalue weighted by Gasteiger charge is 2.11. The Labute approximate surface area is 111 Å². The third kappa shape index (κ3) is 3.68. The molecule has 0 aliphatic carbocycles. The van der Waals surface area contributed by atoms with Crippen LogP contribution in [-0.4, -0.2) is 49.1 Å². The molecule has 0 amide bonds. The Kier molecular flexibility index (Phi) is 4.95. The van der Waals surface area contributed by atoms with E-state index in [0.29, 0.717) is 4.88 Å². The van der Waals surface area contributed by atoms with Crippen LogP contribution >= 0.6 is 11.3 Å². The molecule has 18 heavy (non-hydrogen) atoms. The van der Waals surface area contributed by atoms with Gasteiger partial charge in [-0.1, -0.05) is 11.3 Å². The number of anilines is 1. The van der Waals surface area contributed by atoms with Gasteiger partial charge < -0.3 is 15.0 Å². The Morgan fingerprint density at radius 2 is 2.33 bits per heavy atom. The lowest BCUT2D eigenvalue weighted by Crippen LogP contribution is -2.22. The minimum atomic E-state index is -0.322. The van der Waals surface area contributed by atoms with Crippen molar-refractivity contribution in [3.63, 3.8) is 0 Å². The second-order valence-corrected chi connectivity index (χ2v) is 5.38. The summed E-state index contributed by atoms with van der Waals surface area (Å²) in [5.41, 5.74) is 0. The zero-order valence-electron chi connectivity index (χ0n) is 10.6. The zero-order valence-corrected chi connectivity index (χ0v) is 11.5. The third-order valence-electron chi connectivity index (χ3n) is 3.02. The molecular weight excluding hydrogens is 250 g/mol. The second-order valence-electron chi connectivity index (χ2n) is 4.35. The molecule has 1 aromatic heterocycles. The van der Waals surface area contributed by atoms with E-state index in [9.17, 15) is 4.79 Å². The molecule has 1 fully saturated rings. The maximum absolute atomic E-state index is 11.2. The summed E-state index contributed by atoms with van der Waals surface area (Å²) >= 11 is 1.34. The van der Waals surface area contributed by atoms with Crippen molar-refractivity contribution in [2.75, 3.05) is 38.6 Å². The smallest absolute Gasteiger partial charge is 0.349 e. The number of hydrogen-bond acceptors (Lipinski definition) is 6. The van der Waals surface area contributed by atoms with Gasteiger partial charge in [0.2, 0.25) is 0 Å². The van der Waals surface area contributed by atoms with Crippen LogP contribution in [0.5, 0.6) is 0 Å². The largest absolute Gasteiger partial charge is 0.465 e. The first-order chi connectivity index (χ1) is 8.79. The minimum absolute atomic E-state index is 0.322. The van der Waals surface area contributed by atoms with Gasteiger partial charge >= 0.3 is 5.97 Å². The van der Waals surface area contributed by atoms with E-state index in [1.165, 1.54) is 44.4 Å². The van der Waals surface area contributed by atoms with Crippen molar-refractivity contribution in [1.29, 1.82) is 0 Å². The van der Waals surface area contributed by atoms with E-state index < -0.39 is 0 Å². The van der Waals surface area contributed by atoms with Crippen LogP contribution in [0, 0.1) is 0 Å². The summed E-state index contributed by atoms with van der Waals surface area (Å²) in [6.45, 7) is 4.51. The van der Waals surface area contributed by atoms with Crippen molar-refractivity contribution in [3.8, 4) is 0 Å². The summed E-state index contributed by atoms with van der Waals surface area (Å²) in [5, 5.41) is 4.03. The first kappa shape index (κ1) is 13.3. The van der Waals surface area contributed by atoms with E-state index in [1.807, 2.05) is 0 Å². The van der Waals surface area contributed by atoms with Crippen molar-refractivity contribution in [1.82, 2.24) is 9.88 Å². The molecule has 1 aliphatic heterocycles. The Morgan fingerprint density at radius 1 is 1.56 bits per heavy atom. The van der Waals surface area contributed by atoms with Crippen LogP contribution in [-0.2, 0) is 4.74 Å². The van der Waals surface area contributed by atoms with Gasteiger partial charge in [-0.3, -0.25) is 0 Å². The number of rotatable bonds is 6. The fraction of sp³-hybridized carbons (Fsp3) is 0.667. The van der Waals surface area contributed by atoms with Gasteiger partial charge in [-0.05, 0) is 38.9 Å². The van der Waals surface area contributed by atoms with Crippen LogP contribution < -0.4 is 5.32 Å². The highest BCUT2D eigenvalue weighted by atomic mass is 32.1. The molecule has 0 spiro atoms. The molecule has 1 aliphatic rings. The number of nitrogens with zero attached hydrogens (tertiary/aromatic N) is 2. The van der Waals surface area contributed by atoms with Crippen LogP contribution in [0.1, 0.15) is 28.9 Å². The Morgan fingerprint density at radius 3 is 3.06 bits per heavy atom. The van der Waals surface area contributed by atoms with Crippen molar-refractivity contribution in [3.05, 3.63) is 11.1 Å². The van der Waals surface area contributed by atoms with E-state index >= 15 is 0 Å². The lowest BCUT2D eigenvalue weighted by molar-refractivity contribution is 0.0606. The topological polar surface area (TPSA) is 54.5 Å². The molecule has 5 nitrogen and oxygen atoms in total. The van der Waals surface area contributed by atoms with Crippen LogP contribution in [0.25, 0.3) is 0 Å². The normalized spacial score (nSPS) is 15.8. The van der Waals surface area contributed by atoms with Gasteiger partial charge in [0, 0.05) is 6.54 Å². The minimum Gasteiger partial charge on any atom is -0.465 e. The predicted molar refractivity (Wildman–Crippen MR) is 72.2 cm³/mol. The number of thiazole rings is 1. The van der Waals surface area contributed by atoms with Crippen molar-refractivity contribution in [2.24, 2.45) is 0 Å². The molecule has 1 N–H and O–H groups in total.